The Morgan fingerprint density at radius 2 is 2.25 bits per heavy atom. The maximum absolute atomic E-state index is 13.0. The molecule has 1 N–H and O–H groups in total. The van der Waals surface area contributed by atoms with E-state index in [1.807, 2.05) is 0 Å². The van der Waals surface area contributed by atoms with Crippen molar-refractivity contribution in [3.8, 4) is 5.75 Å². The number of benzene rings is 1. The van der Waals surface area contributed by atoms with E-state index in [9.17, 15) is 4.39 Å². The maximum Gasteiger partial charge on any atom is 0.137 e. The number of aryl methyl sites for hydroxylation is 1. The van der Waals surface area contributed by atoms with Gasteiger partial charge in [-0.2, -0.15) is 5.10 Å². The van der Waals surface area contributed by atoms with Crippen molar-refractivity contribution >= 4 is 10.9 Å². The molecule has 4 heteroatoms. The highest BCUT2D eigenvalue weighted by molar-refractivity contribution is 5.80. The molecule has 0 amide bonds. The lowest BCUT2D eigenvalue weighted by Crippen LogP contribution is -1.88. The van der Waals surface area contributed by atoms with E-state index < -0.39 is 5.82 Å². The quantitative estimate of drug-likeness (QED) is 0.642. The van der Waals surface area contributed by atoms with Crippen LogP contribution in [0, 0.1) is 5.82 Å². The summed E-state index contributed by atoms with van der Waals surface area (Å²) in [7, 11) is 1.70. The number of aromatic nitrogens is 2. The molecule has 0 unspecified atom stereocenters. The second kappa shape index (κ2) is 2.20. The summed E-state index contributed by atoms with van der Waals surface area (Å²) in [4.78, 5) is 0. The van der Waals surface area contributed by atoms with Crippen LogP contribution < -0.4 is 0 Å². The second-order valence-electron chi connectivity index (χ2n) is 2.63. The molecule has 0 aliphatic heterocycles. The van der Waals surface area contributed by atoms with Crippen LogP contribution in [0.2, 0.25) is 0 Å². The van der Waals surface area contributed by atoms with Gasteiger partial charge in [0.1, 0.15) is 11.6 Å². The monoisotopic (exact) mass is 166 g/mol. The van der Waals surface area contributed by atoms with Crippen LogP contribution >= 0.6 is 0 Å². The third-order valence-corrected chi connectivity index (χ3v) is 1.80. The predicted molar refractivity (Wildman–Crippen MR) is 42.3 cm³/mol. The van der Waals surface area contributed by atoms with E-state index >= 15 is 0 Å². The third-order valence-electron chi connectivity index (χ3n) is 1.80. The fourth-order valence-electron chi connectivity index (χ4n) is 1.19. The number of hydrogen-bond donors (Lipinski definition) is 1. The molecule has 1 aromatic carbocycles. The minimum atomic E-state index is -0.446. The van der Waals surface area contributed by atoms with Gasteiger partial charge in [0.25, 0.3) is 0 Å². The number of halogens is 1. The minimum absolute atomic E-state index is 0.0800. The first-order valence-electron chi connectivity index (χ1n) is 3.48. The van der Waals surface area contributed by atoms with E-state index in [0.29, 0.717) is 10.9 Å². The zero-order valence-electron chi connectivity index (χ0n) is 6.45. The summed E-state index contributed by atoms with van der Waals surface area (Å²) in [6.07, 6.45) is 1.43. The molecule has 0 atom stereocenters. The summed E-state index contributed by atoms with van der Waals surface area (Å²) >= 11 is 0. The number of rotatable bonds is 0. The Labute approximate surface area is 68.0 Å². The van der Waals surface area contributed by atoms with Crippen molar-refractivity contribution in [1.29, 1.82) is 0 Å². The molecule has 1 aromatic heterocycles. The van der Waals surface area contributed by atoms with Gasteiger partial charge in [0.05, 0.1) is 17.1 Å². The smallest absolute Gasteiger partial charge is 0.137 e. The van der Waals surface area contributed by atoms with E-state index in [-0.39, 0.29) is 5.75 Å². The van der Waals surface area contributed by atoms with Gasteiger partial charge in [-0.1, -0.05) is 0 Å². The first-order chi connectivity index (χ1) is 5.68. The van der Waals surface area contributed by atoms with Gasteiger partial charge >= 0.3 is 0 Å². The molecule has 3 nitrogen and oxygen atoms in total. The second-order valence-corrected chi connectivity index (χ2v) is 2.63. The number of aromatic hydroxyl groups is 1. The van der Waals surface area contributed by atoms with Crippen LogP contribution in [0.1, 0.15) is 0 Å². The highest BCUT2D eigenvalue weighted by atomic mass is 19.1. The first-order valence-corrected chi connectivity index (χ1v) is 3.48. The Morgan fingerprint density at radius 3 is 3.00 bits per heavy atom. The molecule has 0 radical (unpaired) electrons. The van der Waals surface area contributed by atoms with Gasteiger partial charge in [-0.25, -0.2) is 4.39 Å². The molecule has 62 valence electrons. The standard InChI is InChI=1S/C8H7FN2O/c1-11-8-3-5(12)2-7(9)6(8)4-10-11/h2-4,12H,1H3. The zero-order chi connectivity index (χ0) is 8.72. The van der Waals surface area contributed by atoms with E-state index in [1.165, 1.54) is 16.9 Å². The summed E-state index contributed by atoms with van der Waals surface area (Å²) in [6, 6.07) is 2.55. The first kappa shape index (κ1) is 7.09. The summed E-state index contributed by atoms with van der Waals surface area (Å²) in [5, 5.41) is 13.4. The van der Waals surface area contributed by atoms with Crippen LogP contribution in [0.15, 0.2) is 18.3 Å². The van der Waals surface area contributed by atoms with Gasteiger partial charge < -0.3 is 5.11 Å². The maximum atomic E-state index is 13.0. The van der Waals surface area contributed by atoms with Crippen molar-refractivity contribution in [2.24, 2.45) is 7.05 Å². The Balaban J connectivity index is 2.92. The number of hydrogen-bond acceptors (Lipinski definition) is 2. The van der Waals surface area contributed by atoms with E-state index in [1.54, 1.807) is 7.05 Å². The molecule has 0 saturated heterocycles. The normalized spacial score (nSPS) is 10.8. The van der Waals surface area contributed by atoms with Crippen LogP contribution in [0.5, 0.6) is 5.75 Å². The van der Waals surface area contributed by atoms with Gasteiger partial charge in [0.15, 0.2) is 0 Å². The lowest BCUT2D eigenvalue weighted by atomic mass is 10.2. The molecule has 0 aliphatic carbocycles. The van der Waals surface area contributed by atoms with Crippen LogP contribution in [0.25, 0.3) is 10.9 Å². The Bertz CT molecular complexity index is 436. The van der Waals surface area contributed by atoms with E-state index in [4.69, 9.17) is 5.11 Å². The third kappa shape index (κ3) is 0.845. The molecular weight excluding hydrogens is 159 g/mol. The van der Waals surface area contributed by atoms with Crippen LogP contribution in [0.3, 0.4) is 0 Å². The number of phenols is 1. The van der Waals surface area contributed by atoms with E-state index in [2.05, 4.69) is 5.10 Å². The van der Waals surface area contributed by atoms with Crippen molar-refractivity contribution in [3.05, 3.63) is 24.1 Å². The highest BCUT2D eigenvalue weighted by Crippen LogP contribution is 2.22. The molecule has 0 bridgehead atoms. The lowest BCUT2D eigenvalue weighted by Gasteiger charge is -1.96. The fraction of sp³-hybridized carbons (Fsp3) is 0.125. The van der Waals surface area contributed by atoms with Crippen LogP contribution in [0.4, 0.5) is 4.39 Å². The average Bonchev–Trinajstić information content (AvgIpc) is 2.33. The Morgan fingerprint density at radius 1 is 1.50 bits per heavy atom. The molecule has 2 rings (SSSR count). The zero-order valence-corrected chi connectivity index (χ0v) is 6.45. The largest absolute Gasteiger partial charge is 0.508 e. The topological polar surface area (TPSA) is 38.0 Å². The molecule has 1 heterocycles. The molecule has 0 aliphatic rings. The van der Waals surface area contributed by atoms with Gasteiger partial charge in [-0.05, 0) is 0 Å². The van der Waals surface area contributed by atoms with Crippen molar-refractivity contribution in [2.75, 3.05) is 0 Å². The molecule has 0 saturated carbocycles. The molecule has 12 heavy (non-hydrogen) atoms. The summed E-state index contributed by atoms with van der Waals surface area (Å²) in [6.45, 7) is 0. The SMILES string of the molecule is Cn1ncc2c(F)cc(O)cc21. The van der Waals surface area contributed by atoms with Gasteiger partial charge in [-0.3, -0.25) is 4.68 Å². The molecule has 2 aromatic rings. The van der Waals surface area contributed by atoms with Gasteiger partial charge in [0, 0.05) is 19.2 Å². The Hall–Kier alpha value is -1.58. The molecule has 0 fully saturated rings. The lowest BCUT2D eigenvalue weighted by molar-refractivity contribution is 0.470. The van der Waals surface area contributed by atoms with Crippen molar-refractivity contribution in [2.45, 2.75) is 0 Å². The summed E-state index contributed by atoms with van der Waals surface area (Å²) < 4.78 is 14.6. The van der Waals surface area contributed by atoms with Crippen molar-refractivity contribution < 1.29 is 9.50 Å². The fourth-order valence-corrected chi connectivity index (χ4v) is 1.19. The van der Waals surface area contributed by atoms with Crippen LogP contribution in [-0.4, -0.2) is 14.9 Å². The predicted octanol–water partition coefficient (Wildman–Crippen LogP) is 1.42. The molecular formula is C8H7FN2O. The van der Waals surface area contributed by atoms with Crippen molar-refractivity contribution in [3.63, 3.8) is 0 Å². The molecule has 0 spiro atoms. The highest BCUT2D eigenvalue weighted by Gasteiger charge is 2.06. The summed E-state index contributed by atoms with van der Waals surface area (Å²) in [5.41, 5.74) is 0.590. The van der Waals surface area contributed by atoms with Gasteiger partial charge in [0.2, 0.25) is 0 Å². The van der Waals surface area contributed by atoms with Gasteiger partial charge in [-0.15, -0.1) is 0 Å². The number of nitrogens with zero attached hydrogens (tertiary/aromatic N) is 2. The Kier molecular flexibility index (Phi) is 1.30. The number of phenolic OH excluding ortho intramolecular Hbond substituents is 1. The van der Waals surface area contributed by atoms with Crippen molar-refractivity contribution in [1.82, 2.24) is 9.78 Å². The van der Waals surface area contributed by atoms with Crippen LogP contribution in [-0.2, 0) is 7.05 Å². The average molecular weight is 166 g/mol. The van der Waals surface area contributed by atoms with E-state index in [0.717, 1.165) is 6.07 Å². The number of fused-ring (bicyclic) bond motifs is 1. The minimum Gasteiger partial charge on any atom is -0.508 e. The summed E-state index contributed by atoms with van der Waals surface area (Å²) in [5.74, 6) is -0.526.